The molecule has 4 nitrogen and oxygen atoms in total. The SMILES string of the molecule is O=[N+]([O-])c1cccc(NC2CCCc3ccccc32)c1. The second kappa shape index (κ2) is 5.33. The Balaban J connectivity index is 1.85. The average molecular weight is 268 g/mol. The number of benzene rings is 2. The van der Waals surface area contributed by atoms with Gasteiger partial charge in [-0.1, -0.05) is 30.3 Å². The van der Waals surface area contributed by atoms with E-state index in [1.807, 2.05) is 12.1 Å². The first-order valence-corrected chi connectivity index (χ1v) is 6.83. The summed E-state index contributed by atoms with van der Waals surface area (Å²) in [5, 5.41) is 14.2. The molecule has 0 saturated heterocycles. The molecule has 0 radical (unpaired) electrons. The molecule has 0 fully saturated rings. The van der Waals surface area contributed by atoms with Crippen molar-refractivity contribution in [2.45, 2.75) is 25.3 Å². The lowest BCUT2D eigenvalue weighted by molar-refractivity contribution is -0.384. The highest BCUT2D eigenvalue weighted by atomic mass is 16.6. The number of hydrogen-bond acceptors (Lipinski definition) is 3. The fraction of sp³-hybridized carbons (Fsp3) is 0.250. The number of nitrogens with one attached hydrogen (secondary N) is 1. The zero-order valence-corrected chi connectivity index (χ0v) is 11.1. The summed E-state index contributed by atoms with van der Waals surface area (Å²) in [6.07, 6.45) is 3.31. The van der Waals surface area contributed by atoms with Crippen LogP contribution < -0.4 is 5.32 Å². The number of rotatable bonds is 3. The average Bonchev–Trinajstić information content (AvgIpc) is 2.48. The number of nitro benzene ring substituents is 1. The number of fused-ring (bicyclic) bond motifs is 1. The summed E-state index contributed by atoms with van der Waals surface area (Å²) in [7, 11) is 0. The number of aryl methyl sites for hydroxylation is 1. The van der Waals surface area contributed by atoms with E-state index < -0.39 is 0 Å². The molecule has 1 unspecified atom stereocenters. The molecule has 3 rings (SSSR count). The van der Waals surface area contributed by atoms with Gasteiger partial charge in [0.25, 0.3) is 5.69 Å². The first-order chi connectivity index (χ1) is 9.74. The van der Waals surface area contributed by atoms with Gasteiger partial charge in [-0.25, -0.2) is 0 Å². The molecular weight excluding hydrogens is 252 g/mol. The molecule has 102 valence electrons. The summed E-state index contributed by atoms with van der Waals surface area (Å²) in [5.74, 6) is 0. The van der Waals surface area contributed by atoms with Gasteiger partial charge in [0, 0.05) is 17.8 Å². The van der Waals surface area contributed by atoms with E-state index in [0.717, 1.165) is 24.9 Å². The van der Waals surface area contributed by atoms with Crippen LogP contribution in [0.25, 0.3) is 0 Å². The Hall–Kier alpha value is -2.36. The van der Waals surface area contributed by atoms with E-state index in [0.29, 0.717) is 0 Å². The first-order valence-electron chi connectivity index (χ1n) is 6.83. The van der Waals surface area contributed by atoms with Gasteiger partial charge in [-0.2, -0.15) is 0 Å². The summed E-state index contributed by atoms with van der Waals surface area (Å²) >= 11 is 0. The van der Waals surface area contributed by atoms with Gasteiger partial charge in [-0.3, -0.25) is 10.1 Å². The lowest BCUT2D eigenvalue weighted by Crippen LogP contribution is -2.17. The van der Waals surface area contributed by atoms with Crippen LogP contribution in [-0.4, -0.2) is 4.92 Å². The standard InChI is InChI=1S/C16H16N2O2/c19-18(20)14-8-4-7-13(11-14)17-16-10-3-6-12-5-1-2-9-15(12)16/h1-2,4-5,7-9,11,16-17H,3,6,10H2. The molecule has 4 heteroatoms. The monoisotopic (exact) mass is 268 g/mol. The van der Waals surface area contributed by atoms with Crippen LogP contribution in [0.2, 0.25) is 0 Å². The van der Waals surface area contributed by atoms with Crippen molar-refractivity contribution < 1.29 is 4.92 Å². The molecular formula is C16H16N2O2. The molecule has 0 amide bonds. The van der Waals surface area contributed by atoms with E-state index in [1.54, 1.807) is 12.1 Å². The van der Waals surface area contributed by atoms with E-state index in [9.17, 15) is 10.1 Å². The van der Waals surface area contributed by atoms with Gasteiger partial charge in [-0.05, 0) is 36.5 Å². The number of hydrogen-bond donors (Lipinski definition) is 1. The van der Waals surface area contributed by atoms with Gasteiger partial charge in [0.05, 0.1) is 11.0 Å². The zero-order chi connectivity index (χ0) is 13.9. The van der Waals surface area contributed by atoms with Crippen LogP contribution in [0.4, 0.5) is 11.4 Å². The van der Waals surface area contributed by atoms with Crippen LogP contribution in [0.5, 0.6) is 0 Å². The second-order valence-corrected chi connectivity index (χ2v) is 5.10. The maximum Gasteiger partial charge on any atom is 0.271 e. The van der Waals surface area contributed by atoms with Crippen molar-refractivity contribution in [3.63, 3.8) is 0 Å². The highest BCUT2D eigenvalue weighted by molar-refractivity contribution is 5.53. The minimum atomic E-state index is -0.361. The Labute approximate surface area is 117 Å². The molecule has 1 aliphatic rings. The summed E-state index contributed by atoms with van der Waals surface area (Å²) in [6.45, 7) is 0. The smallest absolute Gasteiger partial charge is 0.271 e. The summed E-state index contributed by atoms with van der Waals surface area (Å²) in [4.78, 5) is 10.5. The zero-order valence-electron chi connectivity index (χ0n) is 11.1. The van der Waals surface area contributed by atoms with Crippen LogP contribution in [0.1, 0.15) is 30.0 Å². The quantitative estimate of drug-likeness (QED) is 0.674. The summed E-state index contributed by atoms with van der Waals surface area (Å²) < 4.78 is 0. The van der Waals surface area contributed by atoms with Crippen molar-refractivity contribution in [3.8, 4) is 0 Å². The van der Waals surface area contributed by atoms with Crippen LogP contribution in [0.3, 0.4) is 0 Å². The molecule has 1 atom stereocenters. The van der Waals surface area contributed by atoms with E-state index in [2.05, 4.69) is 23.5 Å². The van der Waals surface area contributed by atoms with Crippen molar-refractivity contribution in [3.05, 3.63) is 69.8 Å². The molecule has 0 bridgehead atoms. The predicted molar refractivity (Wildman–Crippen MR) is 78.8 cm³/mol. The Morgan fingerprint density at radius 3 is 2.85 bits per heavy atom. The van der Waals surface area contributed by atoms with Gasteiger partial charge in [0.1, 0.15) is 0 Å². The fourth-order valence-electron chi connectivity index (χ4n) is 2.81. The number of nitrogens with zero attached hydrogens (tertiary/aromatic N) is 1. The third-order valence-corrected chi connectivity index (χ3v) is 3.77. The molecule has 0 heterocycles. The maximum atomic E-state index is 10.8. The van der Waals surface area contributed by atoms with Crippen molar-refractivity contribution in [2.24, 2.45) is 0 Å². The molecule has 0 aliphatic heterocycles. The van der Waals surface area contributed by atoms with E-state index in [1.165, 1.54) is 17.2 Å². The second-order valence-electron chi connectivity index (χ2n) is 5.10. The number of non-ortho nitro benzene ring substituents is 1. The highest BCUT2D eigenvalue weighted by Gasteiger charge is 2.19. The predicted octanol–water partition coefficient (Wildman–Crippen LogP) is 4.08. The first kappa shape index (κ1) is 12.7. The van der Waals surface area contributed by atoms with Crippen LogP contribution >= 0.6 is 0 Å². The third-order valence-electron chi connectivity index (χ3n) is 3.77. The molecule has 20 heavy (non-hydrogen) atoms. The molecule has 2 aromatic carbocycles. The Bertz CT molecular complexity index is 640. The van der Waals surface area contributed by atoms with Crippen molar-refractivity contribution in [1.29, 1.82) is 0 Å². The lowest BCUT2D eigenvalue weighted by Gasteiger charge is -2.27. The molecule has 1 N–H and O–H groups in total. The molecule has 2 aromatic rings. The molecule has 0 aromatic heterocycles. The Morgan fingerprint density at radius 1 is 1.15 bits per heavy atom. The van der Waals surface area contributed by atoms with Crippen LogP contribution in [-0.2, 0) is 6.42 Å². The summed E-state index contributed by atoms with van der Waals surface area (Å²) in [5.41, 5.74) is 3.62. The van der Waals surface area contributed by atoms with Crippen molar-refractivity contribution in [2.75, 3.05) is 5.32 Å². The minimum Gasteiger partial charge on any atom is -0.378 e. The van der Waals surface area contributed by atoms with Crippen LogP contribution in [0.15, 0.2) is 48.5 Å². The fourth-order valence-corrected chi connectivity index (χ4v) is 2.81. The van der Waals surface area contributed by atoms with Gasteiger partial charge in [-0.15, -0.1) is 0 Å². The van der Waals surface area contributed by atoms with E-state index >= 15 is 0 Å². The maximum absolute atomic E-state index is 10.8. The third kappa shape index (κ3) is 2.50. The van der Waals surface area contributed by atoms with E-state index in [-0.39, 0.29) is 16.7 Å². The van der Waals surface area contributed by atoms with Crippen molar-refractivity contribution in [1.82, 2.24) is 0 Å². The lowest BCUT2D eigenvalue weighted by atomic mass is 9.87. The molecule has 1 aliphatic carbocycles. The molecule has 0 saturated carbocycles. The Morgan fingerprint density at radius 2 is 2.00 bits per heavy atom. The van der Waals surface area contributed by atoms with Gasteiger partial charge < -0.3 is 5.32 Å². The van der Waals surface area contributed by atoms with Gasteiger partial charge in [0.15, 0.2) is 0 Å². The topological polar surface area (TPSA) is 55.2 Å². The number of nitro groups is 1. The molecule has 0 spiro atoms. The largest absolute Gasteiger partial charge is 0.378 e. The minimum absolute atomic E-state index is 0.124. The van der Waals surface area contributed by atoms with E-state index in [4.69, 9.17) is 0 Å². The summed E-state index contributed by atoms with van der Waals surface area (Å²) in [6, 6.07) is 15.4. The van der Waals surface area contributed by atoms with Gasteiger partial charge >= 0.3 is 0 Å². The van der Waals surface area contributed by atoms with Gasteiger partial charge in [0.2, 0.25) is 0 Å². The normalized spacial score (nSPS) is 17.3. The number of anilines is 1. The highest BCUT2D eigenvalue weighted by Crippen LogP contribution is 2.32. The van der Waals surface area contributed by atoms with Crippen LogP contribution in [0, 0.1) is 10.1 Å². The van der Waals surface area contributed by atoms with Crippen molar-refractivity contribution >= 4 is 11.4 Å². The Kier molecular flexibility index (Phi) is 3.37.